The first-order valence-corrected chi connectivity index (χ1v) is 7.68. The van der Waals surface area contributed by atoms with Crippen molar-refractivity contribution in [3.05, 3.63) is 35.5 Å². The molecule has 0 aliphatic rings. The Morgan fingerprint density at radius 1 is 1.30 bits per heavy atom. The molecule has 0 spiro atoms. The number of carbonyl (C=O) groups is 1. The van der Waals surface area contributed by atoms with Crippen molar-refractivity contribution in [3.8, 4) is 0 Å². The van der Waals surface area contributed by atoms with Crippen molar-refractivity contribution in [1.29, 1.82) is 0 Å². The van der Waals surface area contributed by atoms with E-state index in [1.165, 1.54) is 5.56 Å². The van der Waals surface area contributed by atoms with Crippen LogP contribution in [0.3, 0.4) is 0 Å². The average Bonchev–Trinajstić information content (AvgIpc) is 2.76. The van der Waals surface area contributed by atoms with E-state index >= 15 is 0 Å². The van der Waals surface area contributed by atoms with Gasteiger partial charge in [0.15, 0.2) is 5.78 Å². The maximum Gasteiger partial charge on any atom is 0.168 e. The van der Waals surface area contributed by atoms with Crippen LogP contribution in [-0.2, 0) is 7.05 Å². The number of rotatable bonds is 6. The fourth-order valence-corrected chi connectivity index (χ4v) is 2.88. The molecule has 20 heavy (non-hydrogen) atoms. The Labute approximate surface area is 121 Å². The van der Waals surface area contributed by atoms with Crippen LogP contribution in [0.2, 0.25) is 0 Å². The van der Waals surface area contributed by atoms with Gasteiger partial charge in [0.1, 0.15) is 0 Å². The average molecular weight is 271 g/mol. The summed E-state index contributed by atoms with van der Waals surface area (Å²) >= 11 is 0. The van der Waals surface area contributed by atoms with Crippen molar-refractivity contribution in [3.63, 3.8) is 0 Å². The van der Waals surface area contributed by atoms with Crippen LogP contribution in [0, 0.1) is 12.8 Å². The zero-order chi connectivity index (χ0) is 14.7. The number of aromatic nitrogens is 1. The molecule has 1 aromatic carbocycles. The number of Topliss-reactive ketones (excluding diaryl/α,β-unsaturated/α-hetero) is 1. The molecule has 2 rings (SSSR count). The third kappa shape index (κ3) is 2.79. The standard InChI is InChI=1S/C18H25NO/c1-5-7-8-14(6-2)18(20)16-12-19(4)17-11-13(3)9-10-15(16)17/h9-12,14H,5-8H2,1-4H3. The van der Waals surface area contributed by atoms with E-state index in [4.69, 9.17) is 0 Å². The van der Waals surface area contributed by atoms with Crippen molar-refractivity contribution in [1.82, 2.24) is 4.57 Å². The highest BCUT2D eigenvalue weighted by molar-refractivity contribution is 6.09. The van der Waals surface area contributed by atoms with Gasteiger partial charge in [-0.15, -0.1) is 0 Å². The second kappa shape index (κ2) is 6.25. The molecule has 0 radical (unpaired) electrons. The molecule has 0 saturated carbocycles. The smallest absolute Gasteiger partial charge is 0.168 e. The van der Waals surface area contributed by atoms with Gasteiger partial charge in [0, 0.05) is 35.6 Å². The van der Waals surface area contributed by atoms with E-state index in [2.05, 4.69) is 43.5 Å². The molecule has 2 heteroatoms. The largest absolute Gasteiger partial charge is 0.350 e. The number of fused-ring (bicyclic) bond motifs is 1. The highest BCUT2D eigenvalue weighted by Crippen LogP contribution is 2.27. The number of hydrogen-bond donors (Lipinski definition) is 0. The maximum atomic E-state index is 12.8. The number of unbranched alkanes of at least 4 members (excludes halogenated alkanes) is 1. The Morgan fingerprint density at radius 3 is 2.70 bits per heavy atom. The zero-order valence-corrected chi connectivity index (χ0v) is 13.1. The van der Waals surface area contributed by atoms with Gasteiger partial charge in [-0.1, -0.05) is 38.8 Å². The molecule has 1 heterocycles. The van der Waals surface area contributed by atoms with E-state index in [-0.39, 0.29) is 5.92 Å². The van der Waals surface area contributed by atoms with E-state index < -0.39 is 0 Å². The van der Waals surface area contributed by atoms with E-state index in [9.17, 15) is 4.79 Å². The molecule has 0 N–H and O–H groups in total. The van der Waals surface area contributed by atoms with Crippen LogP contribution >= 0.6 is 0 Å². The summed E-state index contributed by atoms with van der Waals surface area (Å²) in [6.45, 7) is 6.38. The van der Waals surface area contributed by atoms with Crippen LogP contribution in [0.5, 0.6) is 0 Å². The van der Waals surface area contributed by atoms with Crippen molar-refractivity contribution in [2.75, 3.05) is 0 Å². The van der Waals surface area contributed by atoms with Gasteiger partial charge in [0.2, 0.25) is 0 Å². The maximum absolute atomic E-state index is 12.8. The quantitative estimate of drug-likeness (QED) is 0.686. The summed E-state index contributed by atoms with van der Waals surface area (Å²) in [7, 11) is 2.02. The molecular weight excluding hydrogens is 246 g/mol. The second-order valence-electron chi connectivity index (χ2n) is 5.79. The lowest BCUT2D eigenvalue weighted by molar-refractivity contribution is 0.0909. The number of nitrogens with zero attached hydrogens (tertiary/aromatic N) is 1. The van der Waals surface area contributed by atoms with Crippen molar-refractivity contribution in [2.24, 2.45) is 13.0 Å². The van der Waals surface area contributed by atoms with E-state index in [0.29, 0.717) is 5.78 Å². The van der Waals surface area contributed by atoms with Crippen LogP contribution in [0.1, 0.15) is 55.5 Å². The Bertz CT molecular complexity index is 609. The van der Waals surface area contributed by atoms with Gasteiger partial charge in [-0.25, -0.2) is 0 Å². The van der Waals surface area contributed by atoms with Crippen molar-refractivity contribution >= 4 is 16.7 Å². The first-order valence-electron chi connectivity index (χ1n) is 7.68. The van der Waals surface area contributed by atoms with Gasteiger partial charge >= 0.3 is 0 Å². The number of aryl methyl sites for hydroxylation is 2. The van der Waals surface area contributed by atoms with Crippen LogP contribution in [-0.4, -0.2) is 10.4 Å². The topological polar surface area (TPSA) is 22.0 Å². The molecule has 108 valence electrons. The lowest BCUT2D eigenvalue weighted by atomic mass is 9.90. The molecule has 0 aliphatic carbocycles. The first kappa shape index (κ1) is 14.8. The van der Waals surface area contributed by atoms with Crippen LogP contribution in [0.15, 0.2) is 24.4 Å². The first-order chi connectivity index (χ1) is 9.58. The summed E-state index contributed by atoms with van der Waals surface area (Å²) in [4.78, 5) is 12.8. The Morgan fingerprint density at radius 2 is 2.05 bits per heavy atom. The lowest BCUT2D eigenvalue weighted by Crippen LogP contribution is -2.13. The number of hydrogen-bond acceptors (Lipinski definition) is 1. The molecule has 1 unspecified atom stereocenters. The minimum atomic E-state index is 0.168. The molecular formula is C18H25NO. The predicted octanol–water partition coefficient (Wildman–Crippen LogP) is 4.89. The zero-order valence-electron chi connectivity index (χ0n) is 13.1. The highest BCUT2D eigenvalue weighted by atomic mass is 16.1. The molecule has 0 saturated heterocycles. The molecule has 0 aliphatic heterocycles. The van der Waals surface area contributed by atoms with Crippen LogP contribution in [0.4, 0.5) is 0 Å². The molecule has 2 aromatic rings. The van der Waals surface area contributed by atoms with Gasteiger partial charge in [-0.2, -0.15) is 0 Å². The minimum absolute atomic E-state index is 0.168. The summed E-state index contributed by atoms with van der Waals surface area (Å²) in [5.41, 5.74) is 3.28. The summed E-state index contributed by atoms with van der Waals surface area (Å²) in [6, 6.07) is 6.33. The van der Waals surface area contributed by atoms with Crippen LogP contribution in [0.25, 0.3) is 10.9 Å². The summed E-state index contributed by atoms with van der Waals surface area (Å²) in [5.74, 6) is 0.484. The Balaban J connectivity index is 2.39. The Hall–Kier alpha value is -1.57. The molecule has 1 aromatic heterocycles. The Kier molecular flexibility index (Phi) is 4.64. The van der Waals surface area contributed by atoms with Gasteiger partial charge < -0.3 is 4.57 Å². The van der Waals surface area contributed by atoms with Gasteiger partial charge in [-0.05, 0) is 31.4 Å². The molecule has 1 atom stereocenters. The fraction of sp³-hybridized carbons (Fsp3) is 0.500. The van der Waals surface area contributed by atoms with Gasteiger partial charge in [-0.3, -0.25) is 4.79 Å². The molecule has 0 amide bonds. The second-order valence-corrected chi connectivity index (χ2v) is 5.79. The SMILES string of the molecule is CCCCC(CC)C(=O)c1cn(C)c2cc(C)ccc12. The van der Waals surface area contributed by atoms with E-state index in [1.807, 2.05) is 13.2 Å². The van der Waals surface area contributed by atoms with Crippen molar-refractivity contribution < 1.29 is 4.79 Å². The minimum Gasteiger partial charge on any atom is -0.350 e. The summed E-state index contributed by atoms with van der Waals surface area (Å²) in [5, 5.41) is 1.10. The van der Waals surface area contributed by atoms with Gasteiger partial charge in [0.25, 0.3) is 0 Å². The molecule has 2 nitrogen and oxygen atoms in total. The van der Waals surface area contributed by atoms with E-state index in [1.54, 1.807) is 0 Å². The number of benzene rings is 1. The van der Waals surface area contributed by atoms with Gasteiger partial charge in [0.05, 0.1) is 0 Å². The van der Waals surface area contributed by atoms with E-state index in [0.717, 1.165) is 42.1 Å². The van der Waals surface area contributed by atoms with Crippen LogP contribution < -0.4 is 0 Å². The van der Waals surface area contributed by atoms with Crippen molar-refractivity contribution in [2.45, 2.75) is 46.5 Å². The lowest BCUT2D eigenvalue weighted by Gasteiger charge is -2.12. The fourth-order valence-electron chi connectivity index (χ4n) is 2.88. The normalized spacial score (nSPS) is 12.8. The summed E-state index contributed by atoms with van der Waals surface area (Å²) in [6.07, 6.45) is 6.23. The molecule has 0 fully saturated rings. The third-order valence-corrected chi connectivity index (χ3v) is 4.18. The monoisotopic (exact) mass is 271 g/mol. The predicted molar refractivity (Wildman–Crippen MR) is 85.3 cm³/mol. The summed E-state index contributed by atoms with van der Waals surface area (Å²) < 4.78 is 2.07. The molecule has 0 bridgehead atoms. The highest BCUT2D eigenvalue weighted by Gasteiger charge is 2.21. The number of ketones is 1. The number of carbonyl (C=O) groups excluding carboxylic acids is 1. The third-order valence-electron chi connectivity index (χ3n) is 4.18.